The van der Waals surface area contributed by atoms with Gasteiger partial charge in [-0.1, -0.05) is 54.6 Å². The molecule has 0 fully saturated rings. The van der Waals surface area contributed by atoms with Crippen LogP contribution in [0, 0.1) is 6.92 Å². The Morgan fingerprint density at radius 2 is 1.53 bits per heavy atom. The van der Waals surface area contributed by atoms with Gasteiger partial charge in [-0.25, -0.2) is 4.98 Å². The van der Waals surface area contributed by atoms with Crippen LogP contribution in [0.2, 0.25) is 0 Å². The van der Waals surface area contributed by atoms with E-state index in [2.05, 4.69) is 29.7 Å². The molecule has 36 heavy (non-hydrogen) atoms. The van der Waals surface area contributed by atoms with Gasteiger partial charge in [0.1, 0.15) is 10.7 Å². The summed E-state index contributed by atoms with van der Waals surface area (Å²) in [6.45, 7) is 2.07. The lowest BCUT2D eigenvalue weighted by molar-refractivity contribution is -0.113. The Hall–Kier alpha value is -4.55. The second-order valence-corrected chi connectivity index (χ2v) is 9.34. The molecule has 176 valence electrons. The SMILES string of the molecule is Cc1ccc2nc(-c3ccc(NC(=O)/C(=C\c4ccccc4)NC(=O)c4ccccc4)cc3)sc2c1. The molecular weight excluding hydrogens is 466 g/mol. The number of thiazole rings is 1. The van der Waals surface area contributed by atoms with Crippen LogP contribution in [0.4, 0.5) is 5.69 Å². The average molecular weight is 490 g/mol. The maximum atomic E-state index is 13.2. The van der Waals surface area contributed by atoms with Gasteiger partial charge in [0, 0.05) is 16.8 Å². The number of hydrogen-bond acceptors (Lipinski definition) is 4. The van der Waals surface area contributed by atoms with Crippen molar-refractivity contribution in [3.8, 4) is 10.6 Å². The summed E-state index contributed by atoms with van der Waals surface area (Å²) >= 11 is 1.64. The van der Waals surface area contributed by atoms with E-state index in [0.29, 0.717) is 11.3 Å². The van der Waals surface area contributed by atoms with Gasteiger partial charge >= 0.3 is 0 Å². The number of anilines is 1. The molecule has 5 aromatic rings. The summed E-state index contributed by atoms with van der Waals surface area (Å²) in [6.07, 6.45) is 1.66. The number of nitrogens with zero attached hydrogens (tertiary/aromatic N) is 1. The highest BCUT2D eigenvalue weighted by Gasteiger charge is 2.15. The van der Waals surface area contributed by atoms with Crippen LogP contribution in [0.25, 0.3) is 26.9 Å². The van der Waals surface area contributed by atoms with E-state index >= 15 is 0 Å². The summed E-state index contributed by atoms with van der Waals surface area (Å²) in [6, 6.07) is 32.0. The van der Waals surface area contributed by atoms with Crippen molar-refractivity contribution in [1.82, 2.24) is 10.3 Å². The van der Waals surface area contributed by atoms with Crippen molar-refractivity contribution in [2.24, 2.45) is 0 Å². The number of carbonyl (C=O) groups excluding carboxylic acids is 2. The topological polar surface area (TPSA) is 71.1 Å². The fourth-order valence-electron chi connectivity index (χ4n) is 3.71. The largest absolute Gasteiger partial charge is 0.321 e. The Balaban J connectivity index is 1.36. The number of aryl methyl sites for hydroxylation is 1. The first kappa shape index (κ1) is 23.2. The van der Waals surface area contributed by atoms with E-state index in [1.165, 1.54) is 5.56 Å². The van der Waals surface area contributed by atoms with Crippen molar-refractivity contribution < 1.29 is 9.59 Å². The van der Waals surface area contributed by atoms with Gasteiger partial charge in [-0.2, -0.15) is 0 Å². The molecule has 0 atom stereocenters. The van der Waals surface area contributed by atoms with Gasteiger partial charge in [-0.05, 0) is 72.7 Å². The first-order valence-electron chi connectivity index (χ1n) is 11.5. The summed E-state index contributed by atoms with van der Waals surface area (Å²) in [5, 5.41) is 6.58. The molecular formula is C30H23N3O2S. The van der Waals surface area contributed by atoms with Crippen LogP contribution in [0.15, 0.2) is 109 Å². The summed E-state index contributed by atoms with van der Waals surface area (Å²) in [4.78, 5) is 30.7. The summed E-state index contributed by atoms with van der Waals surface area (Å²) in [5.41, 5.74) is 5.20. The number of rotatable bonds is 6. The van der Waals surface area contributed by atoms with E-state index in [4.69, 9.17) is 4.98 Å². The number of benzene rings is 4. The molecule has 0 aliphatic carbocycles. The number of amides is 2. The van der Waals surface area contributed by atoms with E-state index in [1.807, 2.05) is 66.7 Å². The molecule has 2 N–H and O–H groups in total. The second-order valence-electron chi connectivity index (χ2n) is 8.31. The molecule has 0 radical (unpaired) electrons. The van der Waals surface area contributed by atoms with E-state index in [1.54, 1.807) is 41.7 Å². The van der Waals surface area contributed by atoms with Crippen molar-refractivity contribution >= 4 is 45.1 Å². The molecule has 0 saturated carbocycles. The number of fused-ring (bicyclic) bond motifs is 1. The van der Waals surface area contributed by atoms with Crippen molar-refractivity contribution in [3.05, 3.63) is 126 Å². The third-order valence-electron chi connectivity index (χ3n) is 5.57. The molecule has 0 unspecified atom stereocenters. The molecule has 2 amide bonds. The van der Waals surface area contributed by atoms with E-state index in [9.17, 15) is 9.59 Å². The molecule has 0 aliphatic rings. The fourth-order valence-corrected chi connectivity index (χ4v) is 4.78. The maximum absolute atomic E-state index is 13.2. The monoisotopic (exact) mass is 489 g/mol. The van der Waals surface area contributed by atoms with Gasteiger partial charge in [-0.15, -0.1) is 11.3 Å². The Morgan fingerprint density at radius 3 is 2.25 bits per heavy atom. The summed E-state index contributed by atoms with van der Waals surface area (Å²) < 4.78 is 1.15. The van der Waals surface area contributed by atoms with Gasteiger partial charge in [0.2, 0.25) is 0 Å². The van der Waals surface area contributed by atoms with Gasteiger partial charge < -0.3 is 10.6 Å². The van der Waals surface area contributed by atoms with Crippen LogP contribution in [-0.4, -0.2) is 16.8 Å². The molecule has 6 heteroatoms. The first-order chi connectivity index (χ1) is 17.5. The molecule has 0 aliphatic heterocycles. The summed E-state index contributed by atoms with van der Waals surface area (Å²) in [7, 11) is 0. The number of nitrogens with one attached hydrogen (secondary N) is 2. The second kappa shape index (κ2) is 10.4. The third-order valence-corrected chi connectivity index (χ3v) is 6.64. The van der Waals surface area contributed by atoms with Gasteiger partial charge in [0.05, 0.1) is 10.2 Å². The molecule has 0 spiro atoms. The van der Waals surface area contributed by atoms with Crippen molar-refractivity contribution in [2.45, 2.75) is 6.92 Å². The molecule has 0 bridgehead atoms. The molecule has 5 rings (SSSR count). The minimum atomic E-state index is -0.411. The van der Waals surface area contributed by atoms with Crippen LogP contribution in [-0.2, 0) is 4.79 Å². The normalized spacial score (nSPS) is 11.3. The Morgan fingerprint density at radius 1 is 0.833 bits per heavy atom. The van der Waals surface area contributed by atoms with Gasteiger partial charge in [0.15, 0.2) is 0 Å². The highest BCUT2D eigenvalue weighted by Crippen LogP contribution is 2.31. The Labute approximate surface area is 213 Å². The lowest BCUT2D eigenvalue weighted by atomic mass is 10.1. The number of carbonyl (C=O) groups is 2. The standard InChI is InChI=1S/C30H23N3O2S/c1-20-12-17-25-27(18-20)36-30(33-25)23-13-15-24(16-14-23)31-29(35)26(19-21-8-4-2-5-9-21)32-28(34)22-10-6-3-7-11-22/h2-19H,1H3,(H,31,35)(H,32,34)/b26-19+. The Kier molecular flexibility index (Phi) is 6.69. The zero-order valence-electron chi connectivity index (χ0n) is 19.6. The van der Waals surface area contributed by atoms with E-state index in [-0.39, 0.29) is 11.6 Å². The first-order valence-corrected chi connectivity index (χ1v) is 12.3. The predicted molar refractivity (Wildman–Crippen MR) is 147 cm³/mol. The maximum Gasteiger partial charge on any atom is 0.272 e. The third kappa shape index (κ3) is 5.40. The number of aromatic nitrogens is 1. The lowest BCUT2D eigenvalue weighted by Gasteiger charge is -2.12. The minimum absolute atomic E-state index is 0.153. The molecule has 1 aromatic heterocycles. The van der Waals surface area contributed by atoms with Crippen molar-refractivity contribution in [3.63, 3.8) is 0 Å². The summed E-state index contributed by atoms with van der Waals surface area (Å²) in [5.74, 6) is -0.763. The minimum Gasteiger partial charge on any atom is -0.321 e. The van der Waals surface area contributed by atoms with Crippen molar-refractivity contribution in [1.29, 1.82) is 0 Å². The van der Waals surface area contributed by atoms with Crippen LogP contribution >= 0.6 is 11.3 Å². The smallest absolute Gasteiger partial charge is 0.272 e. The van der Waals surface area contributed by atoms with E-state index < -0.39 is 5.91 Å². The quantitative estimate of drug-likeness (QED) is 0.261. The predicted octanol–water partition coefficient (Wildman–Crippen LogP) is 6.68. The lowest BCUT2D eigenvalue weighted by Crippen LogP contribution is -2.30. The highest BCUT2D eigenvalue weighted by molar-refractivity contribution is 7.21. The van der Waals surface area contributed by atoms with Gasteiger partial charge in [-0.3, -0.25) is 9.59 Å². The van der Waals surface area contributed by atoms with Crippen LogP contribution in [0.1, 0.15) is 21.5 Å². The average Bonchev–Trinajstić information content (AvgIpc) is 3.33. The zero-order valence-corrected chi connectivity index (χ0v) is 20.4. The zero-order chi connectivity index (χ0) is 24.9. The van der Waals surface area contributed by atoms with Crippen LogP contribution in [0.3, 0.4) is 0 Å². The highest BCUT2D eigenvalue weighted by atomic mass is 32.1. The Bertz CT molecular complexity index is 1560. The molecule has 0 saturated heterocycles. The van der Waals surface area contributed by atoms with Crippen LogP contribution in [0.5, 0.6) is 0 Å². The van der Waals surface area contributed by atoms with E-state index in [0.717, 1.165) is 26.4 Å². The fraction of sp³-hybridized carbons (Fsp3) is 0.0333. The molecule has 1 heterocycles. The van der Waals surface area contributed by atoms with Crippen LogP contribution < -0.4 is 10.6 Å². The van der Waals surface area contributed by atoms with Crippen molar-refractivity contribution in [2.75, 3.05) is 5.32 Å². The van der Waals surface area contributed by atoms with Gasteiger partial charge in [0.25, 0.3) is 11.8 Å². The number of hydrogen-bond donors (Lipinski definition) is 2. The molecule has 4 aromatic carbocycles. The molecule has 5 nitrogen and oxygen atoms in total.